The Bertz CT molecular complexity index is 615. The fourth-order valence-electron chi connectivity index (χ4n) is 3.04. The van der Waals surface area contributed by atoms with E-state index in [0.29, 0.717) is 0 Å². The Morgan fingerprint density at radius 2 is 1.71 bits per heavy atom. The van der Waals surface area contributed by atoms with Crippen molar-refractivity contribution in [3.63, 3.8) is 0 Å². The van der Waals surface area contributed by atoms with Crippen LogP contribution >= 0.6 is 23.4 Å². The van der Waals surface area contributed by atoms with E-state index in [0.717, 1.165) is 48.4 Å². The van der Waals surface area contributed by atoms with Crippen LogP contribution < -0.4 is 9.80 Å². The van der Waals surface area contributed by atoms with Gasteiger partial charge in [0.2, 0.25) is 0 Å². The molecule has 5 heteroatoms. The summed E-state index contributed by atoms with van der Waals surface area (Å²) in [7, 11) is 0. The molecular formula is C19H24ClN2OS+. The number of anilines is 1. The Balaban J connectivity index is 1.40. The third-order valence-electron chi connectivity index (χ3n) is 4.37. The number of para-hydroxylation sites is 1. The summed E-state index contributed by atoms with van der Waals surface area (Å²) in [4.78, 5) is 5.08. The minimum Gasteiger partial charge on any atom is -0.386 e. The molecule has 1 aliphatic rings. The van der Waals surface area contributed by atoms with Crippen molar-refractivity contribution < 1.29 is 10.0 Å². The molecular weight excluding hydrogens is 340 g/mol. The number of thioether (sulfide) groups is 1. The highest BCUT2D eigenvalue weighted by atomic mass is 35.5. The first-order chi connectivity index (χ1) is 11.7. The highest BCUT2D eigenvalue weighted by Gasteiger charge is 2.22. The molecule has 0 unspecified atom stereocenters. The fourth-order valence-corrected chi connectivity index (χ4v) is 4.00. The van der Waals surface area contributed by atoms with Crippen molar-refractivity contribution in [1.29, 1.82) is 0 Å². The standard InChI is InChI=1S/C19H23ClN2OS/c20-16-6-8-19(9-7-16)24-15-18(23)14-21-10-12-22(13-11-21)17-4-2-1-3-5-17/h1-9,18,23H,10-15H2/p+1/t18-/m1/s1. The molecule has 1 saturated heterocycles. The normalized spacial score (nSPS) is 17.0. The van der Waals surface area contributed by atoms with Crippen molar-refractivity contribution in [1.82, 2.24) is 0 Å². The van der Waals surface area contributed by atoms with Gasteiger partial charge in [-0.05, 0) is 36.4 Å². The van der Waals surface area contributed by atoms with Crippen LogP contribution in [0, 0.1) is 0 Å². The second-order valence-corrected chi connectivity index (χ2v) is 7.73. The molecule has 1 aliphatic heterocycles. The van der Waals surface area contributed by atoms with Crippen molar-refractivity contribution in [3.8, 4) is 0 Å². The van der Waals surface area contributed by atoms with Gasteiger partial charge in [0, 0.05) is 21.4 Å². The van der Waals surface area contributed by atoms with Crippen molar-refractivity contribution >= 4 is 29.1 Å². The molecule has 1 heterocycles. The van der Waals surface area contributed by atoms with Crippen LogP contribution in [-0.4, -0.2) is 49.7 Å². The number of aliphatic hydroxyl groups is 1. The Morgan fingerprint density at radius 3 is 2.38 bits per heavy atom. The first-order valence-corrected chi connectivity index (χ1v) is 9.77. The summed E-state index contributed by atoms with van der Waals surface area (Å²) in [5.74, 6) is 0.730. The molecule has 0 aromatic heterocycles. The van der Waals surface area contributed by atoms with Gasteiger partial charge in [-0.3, -0.25) is 0 Å². The number of halogens is 1. The highest BCUT2D eigenvalue weighted by molar-refractivity contribution is 7.99. The molecule has 0 radical (unpaired) electrons. The molecule has 2 aromatic carbocycles. The van der Waals surface area contributed by atoms with Crippen LogP contribution in [0.3, 0.4) is 0 Å². The molecule has 1 atom stereocenters. The van der Waals surface area contributed by atoms with E-state index in [1.807, 2.05) is 24.3 Å². The summed E-state index contributed by atoms with van der Waals surface area (Å²) in [6.07, 6.45) is -0.274. The van der Waals surface area contributed by atoms with Gasteiger partial charge < -0.3 is 14.9 Å². The van der Waals surface area contributed by atoms with Crippen molar-refractivity contribution in [3.05, 3.63) is 59.6 Å². The number of piperazine rings is 1. The van der Waals surface area contributed by atoms with Gasteiger partial charge in [0.25, 0.3) is 0 Å². The first-order valence-electron chi connectivity index (χ1n) is 8.41. The van der Waals surface area contributed by atoms with Gasteiger partial charge in [-0.2, -0.15) is 0 Å². The van der Waals surface area contributed by atoms with Crippen molar-refractivity contribution in [2.24, 2.45) is 0 Å². The molecule has 1 fully saturated rings. The second-order valence-electron chi connectivity index (χ2n) is 6.20. The van der Waals surface area contributed by atoms with Gasteiger partial charge in [0.05, 0.1) is 26.2 Å². The maximum atomic E-state index is 10.3. The summed E-state index contributed by atoms with van der Waals surface area (Å²) >= 11 is 7.58. The Kier molecular flexibility index (Phi) is 6.44. The molecule has 3 rings (SSSR count). The third-order valence-corrected chi connectivity index (χ3v) is 5.78. The lowest BCUT2D eigenvalue weighted by atomic mass is 10.2. The quantitative estimate of drug-likeness (QED) is 0.771. The molecule has 0 aliphatic carbocycles. The topological polar surface area (TPSA) is 27.9 Å². The number of benzene rings is 2. The molecule has 128 valence electrons. The van der Waals surface area contributed by atoms with Gasteiger partial charge in [-0.15, -0.1) is 11.8 Å². The van der Waals surface area contributed by atoms with Crippen LogP contribution in [0.15, 0.2) is 59.5 Å². The summed E-state index contributed by atoms with van der Waals surface area (Å²) < 4.78 is 0. The van der Waals surface area contributed by atoms with Gasteiger partial charge in [-0.25, -0.2) is 0 Å². The van der Waals surface area contributed by atoms with Crippen molar-refractivity contribution in [2.45, 2.75) is 11.0 Å². The largest absolute Gasteiger partial charge is 0.386 e. The predicted octanol–water partition coefficient (Wildman–Crippen LogP) is 2.20. The van der Waals surface area contributed by atoms with Crippen LogP contribution in [0.5, 0.6) is 0 Å². The highest BCUT2D eigenvalue weighted by Crippen LogP contribution is 2.20. The van der Waals surface area contributed by atoms with E-state index in [-0.39, 0.29) is 6.10 Å². The Labute approximate surface area is 153 Å². The van der Waals surface area contributed by atoms with Crippen molar-refractivity contribution in [2.75, 3.05) is 43.4 Å². The van der Waals surface area contributed by atoms with Gasteiger partial charge in [0.1, 0.15) is 12.6 Å². The predicted molar refractivity (Wildman–Crippen MR) is 102 cm³/mol. The van der Waals surface area contributed by atoms with E-state index < -0.39 is 0 Å². The van der Waals surface area contributed by atoms with Gasteiger partial charge in [-0.1, -0.05) is 29.8 Å². The zero-order valence-corrected chi connectivity index (χ0v) is 15.3. The van der Waals surface area contributed by atoms with E-state index in [9.17, 15) is 5.11 Å². The number of hydrogen-bond donors (Lipinski definition) is 2. The lowest BCUT2D eigenvalue weighted by Gasteiger charge is -2.34. The molecule has 0 saturated carbocycles. The van der Waals surface area contributed by atoms with Crippen LogP contribution in [0.1, 0.15) is 0 Å². The summed E-state index contributed by atoms with van der Waals surface area (Å²) in [6, 6.07) is 18.4. The van der Waals surface area contributed by atoms with Crippen LogP contribution in [-0.2, 0) is 0 Å². The van der Waals surface area contributed by atoms with Gasteiger partial charge in [0.15, 0.2) is 0 Å². The maximum Gasteiger partial charge on any atom is 0.112 e. The summed E-state index contributed by atoms with van der Waals surface area (Å²) in [5.41, 5.74) is 1.30. The molecule has 24 heavy (non-hydrogen) atoms. The lowest BCUT2D eigenvalue weighted by Crippen LogP contribution is -3.15. The third kappa shape index (κ3) is 5.15. The fraction of sp³-hybridized carbons (Fsp3) is 0.368. The maximum absolute atomic E-state index is 10.3. The lowest BCUT2D eigenvalue weighted by molar-refractivity contribution is -0.903. The summed E-state index contributed by atoms with van der Waals surface area (Å²) in [5, 5.41) is 11.1. The molecule has 0 bridgehead atoms. The van der Waals surface area contributed by atoms with E-state index >= 15 is 0 Å². The molecule has 0 amide bonds. The number of nitrogens with zero attached hydrogens (tertiary/aromatic N) is 1. The van der Waals surface area contributed by atoms with Crippen LogP contribution in [0.2, 0.25) is 5.02 Å². The second kappa shape index (κ2) is 8.77. The Hall–Kier alpha value is -1.20. The molecule has 2 N–H and O–H groups in total. The molecule has 3 nitrogen and oxygen atoms in total. The minimum absolute atomic E-state index is 0.274. The van der Waals surface area contributed by atoms with E-state index in [1.54, 1.807) is 11.8 Å². The van der Waals surface area contributed by atoms with Crippen LogP contribution in [0.4, 0.5) is 5.69 Å². The molecule has 2 aromatic rings. The molecule has 0 spiro atoms. The monoisotopic (exact) mass is 363 g/mol. The summed E-state index contributed by atoms with van der Waals surface area (Å²) in [6.45, 7) is 5.09. The van der Waals surface area contributed by atoms with E-state index in [2.05, 4.69) is 35.2 Å². The number of aliphatic hydroxyl groups excluding tert-OH is 1. The average Bonchev–Trinajstić information content (AvgIpc) is 2.63. The SMILES string of the molecule is O[C@@H](CSc1ccc(Cl)cc1)C[NH+]1CCN(c2ccccc2)CC1. The zero-order chi connectivity index (χ0) is 16.8. The minimum atomic E-state index is -0.274. The van der Waals surface area contributed by atoms with E-state index in [4.69, 9.17) is 11.6 Å². The first kappa shape index (κ1) is 17.6. The number of nitrogens with one attached hydrogen (secondary N) is 1. The Morgan fingerprint density at radius 1 is 1.04 bits per heavy atom. The average molecular weight is 364 g/mol. The zero-order valence-electron chi connectivity index (χ0n) is 13.7. The number of hydrogen-bond acceptors (Lipinski definition) is 3. The van der Waals surface area contributed by atoms with Gasteiger partial charge >= 0.3 is 0 Å². The van der Waals surface area contributed by atoms with Crippen LogP contribution in [0.25, 0.3) is 0 Å². The van der Waals surface area contributed by atoms with E-state index in [1.165, 1.54) is 10.6 Å². The number of rotatable bonds is 6. The number of quaternary nitrogens is 1. The smallest absolute Gasteiger partial charge is 0.112 e.